The fourth-order valence-corrected chi connectivity index (χ4v) is 3.95. The number of aliphatic carboxylic acids is 1. The Balaban J connectivity index is 3.06. The Morgan fingerprint density at radius 1 is 1.61 bits per heavy atom. The first-order valence-corrected chi connectivity index (χ1v) is 7.48. The predicted molar refractivity (Wildman–Crippen MR) is 65.1 cm³/mol. The maximum atomic E-state index is 12.2. The number of piperidine rings is 1. The first-order valence-electron chi connectivity index (χ1n) is 5.97. The van der Waals surface area contributed by atoms with E-state index in [0.717, 1.165) is 4.31 Å². The lowest BCUT2D eigenvalue weighted by Crippen LogP contribution is -2.52. The van der Waals surface area contributed by atoms with Crippen molar-refractivity contribution in [3.63, 3.8) is 0 Å². The van der Waals surface area contributed by atoms with Gasteiger partial charge in [0.1, 0.15) is 6.04 Å². The van der Waals surface area contributed by atoms with E-state index in [-0.39, 0.29) is 18.9 Å². The Hall–Kier alpha value is -1.13. The van der Waals surface area contributed by atoms with Gasteiger partial charge in [0.25, 0.3) is 0 Å². The lowest BCUT2D eigenvalue weighted by Gasteiger charge is -2.35. The molecule has 1 heterocycles. The van der Waals surface area contributed by atoms with Crippen molar-refractivity contribution in [3.8, 4) is 6.07 Å². The van der Waals surface area contributed by atoms with Crippen LogP contribution in [0, 0.1) is 17.2 Å². The van der Waals surface area contributed by atoms with Crippen LogP contribution < -0.4 is 0 Å². The molecule has 0 saturated carbocycles. The van der Waals surface area contributed by atoms with Crippen molar-refractivity contribution in [2.75, 3.05) is 6.54 Å². The van der Waals surface area contributed by atoms with Crippen LogP contribution >= 0.6 is 0 Å². The number of nitrogens with zero attached hydrogens (tertiary/aromatic N) is 2. The van der Waals surface area contributed by atoms with Crippen LogP contribution in [-0.4, -0.2) is 41.6 Å². The summed E-state index contributed by atoms with van der Waals surface area (Å²) in [5.41, 5.74) is 0. The van der Waals surface area contributed by atoms with E-state index in [2.05, 4.69) is 0 Å². The van der Waals surface area contributed by atoms with Crippen molar-refractivity contribution in [2.45, 2.75) is 44.4 Å². The zero-order chi connectivity index (χ0) is 13.9. The highest BCUT2D eigenvalue weighted by Crippen LogP contribution is 2.27. The number of rotatable bonds is 4. The summed E-state index contributed by atoms with van der Waals surface area (Å²) in [5, 5.41) is 16.8. The molecule has 0 aromatic carbocycles. The monoisotopic (exact) mass is 274 g/mol. The van der Waals surface area contributed by atoms with Gasteiger partial charge in [0.15, 0.2) is 5.25 Å². The van der Waals surface area contributed by atoms with Crippen LogP contribution in [0.1, 0.15) is 33.1 Å². The van der Waals surface area contributed by atoms with Crippen LogP contribution in [0.25, 0.3) is 0 Å². The Kier molecular flexibility index (Phi) is 4.71. The molecule has 1 aliphatic heterocycles. The summed E-state index contributed by atoms with van der Waals surface area (Å²) in [6.45, 7) is 3.69. The minimum atomic E-state index is -3.85. The molecule has 1 saturated heterocycles. The maximum absolute atomic E-state index is 12.2. The highest BCUT2D eigenvalue weighted by atomic mass is 32.2. The molecule has 1 fully saturated rings. The molecule has 18 heavy (non-hydrogen) atoms. The Morgan fingerprint density at radius 3 is 2.67 bits per heavy atom. The zero-order valence-electron chi connectivity index (χ0n) is 10.5. The molecule has 1 N–H and O–H groups in total. The summed E-state index contributed by atoms with van der Waals surface area (Å²) in [6, 6.07) is 0.697. The average Bonchev–Trinajstić information content (AvgIpc) is 2.29. The molecule has 0 bridgehead atoms. The molecule has 0 aromatic heterocycles. The van der Waals surface area contributed by atoms with Crippen molar-refractivity contribution in [3.05, 3.63) is 0 Å². The lowest BCUT2D eigenvalue weighted by molar-refractivity contribution is -0.143. The minimum Gasteiger partial charge on any atom is -0.480 e. The van der Waals surface area contributed by atoms with Gasteiger partial charge >= 0.3 is 5.97 Å². The van der Waals surface area contributed by atoms with E-state index in [9.17, 15) is 13.2 Å². The standard InChI is InChI=1S/C11H18N2O4S/c1-3-9(7-12)18(16,17)13-5-4-8(2)6-10(13)11(14)15/h8-10H,3-6H2,1-2H3,(H,14,15). The molecule has 0 spiro atoms. The van der Waals surface area contributed by atoms with Gasteiger partial charge in [0.05, 0.1) is 6.07 Å². The van der Waals surface area contributed by atoms with Gasteiger partial charge in [0.2, 0.25) is 10.0 Å². The van der Waals surface area contributed by atoms with E-state index in [1.54, 1.807) is 13.0 Å². The SMILES string of the molecule is CCC(C#N)S(=O)(=O)N1CCC(C)CC1C(=O)O. The van der Waals surface area contributed by atoms with E-state index in [0.29, 0.717) is 12.8 Å². The van der Waals surface area contributed by atoms with Crippen LogP contribution in [0.5, 0.6) is 0 Å². The number of hydrogen-bond acceptors (Lipinski definition) is 4. The Bertz CT molecular complexity index is 454. The second-order valence-electron chi connectivity index (χ2n) is 4.67. The van der Waals surface area contributed by atoms with Crippen molar-refractivity contribution in [1.29, 1.82) is 5.26 Å². The van der Waals surface area contributed by atoms with Crippen LogP contribution in [-0.2, 0) is 14.8 Å². The van der Waals surface area contributed by atoms with E-state index >= 15 is 0 Å². The summed E-state index contributed by atoms with van der Waals surface area (Å²) < 4.78 is 25.4. The summed E-state index contributed by atoms with van der Waals surface area (Å²) in [7, 11) is -3.85. The van der Waals surface area contributed by atoms with Gasteiger partial charge in [-0.3, -0.25) is 4.79 Å². The third kappa shape index (κ3) is 2.82. The largest absolute Gasteiger partial charge is 0.480 e. The molecule has 3 unspecified atom stereocenters. The molecule has 1 aliphatic rings. The van der Waals surface area contributed by atoms with E-state index in [4.69, 9.17) is 10.4 Å². The summed E-state index contributed by atoms with van der Waals surface area (Å²) >= 11 is 0. The predicted octanol–water partition coefficient (Wildman–Crippen LogP) is 0.803. The molecule has 102 valence electrons. The van der Waals surface area contributed by atoms with Gasteiger partial charge < -0.3 is 5.11 Å². The van der Waals surface area contributed by atoms with E-state index in [1.165, 1.54) is 0 Å². The highest BCUT2D eigenvalue weighted by molar-refractivity contribution is 7.90. The van der Waals surface area contributed by atoms with Crippen LogP contribution in [0.2, 0.25) is 0 Å². The van der Waals surface area contributed by atoms with Gasteiger partial charge in [-0.05, 0) is 25.2 Å². The summed E-state index contributed by atoms with van der Waals surface area (Å²) in [5.74, 6) is -0.961. The number of hydrogen-bond donors (Lipinski definition) is 1. The first kappa shape index (κ1) is 14.9. The summed E-state index contributed by atoms with van der Waals surface area (Å²) in [6.07, 6.45) is 1.10. The molecular weight excluding hydrogens is 256 g/mol. The number of nitriles is 1. The average molecular weight is 274 g/mol. The van der Waals surface area contributed by atoms with E-state index in [1.807, 2.05) is 6.92 Å². The second-order valence-corrected chi connectivity index (χ2v) is 6.73. The molecule has 0 radical (unpaired) electrons. The fourth-order valence-electron chi connectivity index (χ4n) is 2.18. The smallest absolute Gasteiger partial charge is 0.322 e. The molecule has 3 atom stereocenters. The fraction of sp³-hybridized carbons (Fsp3) is 0.818. The third-order valence-corrected chi connectivity index (χ3v) is 5.55. The zero-order valence-corrected chi connectivity index (χ0v) is 11.4. The molecule has 6 nitrogen and oxygen atoms in total. The Morgan fingerprint density at radius 2 is 2.22 bits per heavy atom. The second kappa shape index (κ2) is 5.67. The van der Waals surface area contributed by atoms with Gasteiger partial charge in [-0.25, -0.2) is 8.42 Å². The maximum Gasteiger partial charge on any atom is 0.322 e. The Labute approximate surface area is 107 Å². The number of carboxylic acid groups (broad SMARTS) is 1. The highest BCUT2D eigenvalue weighted by Gasteiger charge is 2.42. The van der Waals surface area contributed by atoms with Crippen LogP contribution in [0.15, 0.2) is 0 Å². The van der Waals surface area contributed by atoms with Crippen molar-refractivity contribution < 1.29 is 18.3 Å². The number of carboxylic acids is 1. The van der Waals surface area contributed by atoms with Crippen molar-refractivity contribution in [2.24, 2.45) is 5.92 Å². The van der Waals surface area contributed by atoms with Crippen LogP contribution in [0.4, 0.5) is 0 Å². The molecular formula is C11H18N2O4S. The molecule has 0 amide bonds. The first-order chi connectivity index (χ1) is 8.34. The van der Waals surface area contributed by atoms with Crippen molar-refractivity contribution in [1.82, 2.24) is 4.31 Å². The molecule has 0 aromatic rings. The van der Waals surface area contributed by atoms with Crippen molar-refractivity contribution >= 4 is 16.0 Å². The van der Waals surface area contributed by atoms with Gasteiger partial charge in [0, 0.05) is 6.54 Å². The molecule has 0 aliphatic carbocycles. The van der Waals surface area contributed by atoms with Gasteiger partial charge in [-0.15, -0.1) is 0 Å². The lowest BCUT2D eigenvalue weighted by atomic mass is 9.94. The van der Waals surface area contributed by atoms with Gasteiger partial charge in [-0.2, -0.15) is 9.57 Å². The normalized spacial score (nSPS) is 27.4. The molecule has 7 heteroatoms. The number of carbonyl (C=O) groups is 1. The quantitative estimate of drug-likeness (QED) is 0.817. The number of sulfonamides is 1. The molecule has 1 rings (SSSR count). The third-order valence-electron chi connectivity index (χ3n) is 3.30. The van der Waals surface area contributed by atoms with Gasteiger partial charge in [-0.1, -0.05) is 13.8 Å². The minimum absolute atomic E-state index is 0.164. The topological polar surface area (TPSA) is 98.5 Å². The summed E-state index contributed by atoms with van der Waals surface area (Å²) in [4.78, 5) is 11.2. The van der Waals surface area contributed by atoms with Crippen LogP contribution in [0.3, 0.4) is 0 Å². The van der Waals surface area contributed by atoms with E-state index < -0.39 is 27.3 Å².